The first-order valence-corrected chi connectivity index (χ1v) is 6.90. The van der Waals surface area contributed by atoms with E-state index >= 15 is 0 Å². The Bertz CT molecular complexity index is 485. The molecule has 0 unspecified atom stereocenters. The maximum Gasteiger partial charge on any atom is 0.310 e. The Morgan fingerprint density at radius 3 is 2.25 bits per heavy atom. The molecule has 20 heavy (non-hydrogen) atoms. The van der Waals surface area contributed by atoms with Crippen LogP contribution in [-0.4, -0.2) is 33.4 Å². The summed E-state index contributed by atoms with van der Waals surface area (Å²) in [6.07, 6.45) is 0.0899. The van der Waals surface area contributed by atoms with Gasteiger partial charge in [0.2, 0.25) is 5.75 Å². The first-order chi connectivity index (χ1) is 9.44. The van der Waals surface area contributed by atoms with E-state index in [4.69, 9.17) is 14.2 Å². The molecule has 1 aromatic rings. The van der Waals surface area contributed by atoms with Crippen LogP contribution in [0.3, 0.4) is 0 Å². The average molecular weight is 347 g/mol. The maximum absolute atomic E-state index is 11.5. The lowest BCUT2D eigenvalue weighted by atomic mass is 10.1. The number of esters is 1. The van der Waals surface area contributed by atoms with Crippen LogP contribution < -0.4 is 14.2 Å². The lowest BCUT2D eigenvalue weighted by Crippen LogP contribution is -2.10. The Labute approximate surface area is 127 Å². The SMILES string of the molecule is COC(=O)Cc1cc(OC(C)C)c(OC)c(OC)c1Br. The van der Waals surface area contributed by atoms with E-state index < -0.39 is 0 Å². The zero-order valence-electron chi connectivity index (χ0n) is 12.3. The van der Waals surface area contributed by atoms with Gasteiger partial charge in [0, 0.05) is 0 Å². The van der Waals surface area contributed by atoms with Gasteiger partial charge in [-0.1, -0.05) is 0 Å². The fourth-order valence-corrected chi connectivity index (χ4v) is 2.31. The van der Waals surface area contributed by atoms with Gasteiger partial charge in [0.25, 0.3) is 0 Å². The predicted molar refractivity (Wildman–Crippen MR) is 78.7 cm³/mol. The van der Waals surface area contributed by atoms with Gasteiger partial charge < -0.3 is 18.9 Å². The molecule has 0 heterocycles. The van der Waals surface area contributed by atoms with Crippen LogP contribution in [0.25, 0.3) is 0 Å². The van der Waals surface area contributed by atoms with E-state index in [0.717, 1.165) is 0 Å². The third-order valence-corrected chi connectivity index (χ3v) is 3.42. The molecule has 0 radical (unpaired) electrons. The van der Waals surface area contributed by atoms with Crippen LogP contribution in [0, 0.1) is 0 Å². The van der Waals surface area contributed by atoms with E-state index in [-0.39, 0.29) is 18.5 Å². The molecule has 1 aromatic carbocycles. The summed E-state index contributed by atoms with van der Waals surface area (Å²) in [5.41, 5.74) is 0.713. The minimum atomic E-state index is -0.339. The Morgan fingerprint density at radius 2 is 1.80 bits per heavy atom. The Hall–Kier alpha value is -1.43. The number of carbonyl (C=O) groups is 1. The van der Waals surface area contributed by atoms with Gasteiger partial charge in [-0.15, -0.1) is 0 Å². The van der Waals surface area contributed by atoms with Crippen LogP contribution in [-0.2, 0) is 16.0 Å². The number of ether oxygens (including phenoxy) is 4. The second-order valence-corrected chi connectivity index (χ2v) is 5.13. The molecule has 0 N–H and O–H groups in total. The number of hydrogen-bond acceptors (Lipinski definition) is 5. The van der Waals surface area contributed by atoms with Gasteiger partial charge in [0.05, 0.1) is 38.3 Å². The number of hydrogen-bond donors (Lipinski definition) is 0. The number of rotatable bonds is 6. The standard InChI is InChI=1S/C14H19BrO5/c1-8(2)20-10-6-9(7-11(16)17-3)12(15)14(19-5)13(10)18-4/h6,8H,7H2,1-5H3. The lowest BCUT2D eigenvalue weighted by molar-refractivity contribution is -0.139. The molecular formula is C14H19BrO5. The third kappa shape index (κ3) is 3.79. The van der Waals surface area contributed by atoms with Crippen LogP contribution in [0.2, 0.25) is 0 Å². The molecule has 0 saturated carbocycles. The molecule has 0 aliphatic rings. The van der Waals surface area contributed by atoms with Crippen molar-refractivity contribution in [2.75, 3.05) is 21.3 Å². The summed E-state index contributed by atoms with van der Waals surface area (Å²) in [5, 5.41) is 0. The molecule has 0 saturated heterocycles. The topological polar surface area (TPSA) is 54.0 Å². The third-order valence-electron chi connectivity index (χ3n) is 2.55. The van der Waals surface area contributed by atoms with Crippen molar-refractivity contribution in [3.05, 3.63) is 16.1 Å². The van der Waals surface area contributed by atoms with Crippen LogP contribution in [0.15, 0.2) is 10.5 Å². The number of methoxy groups -OCH3 is 3. The van der Waals surface area contributed by atoms with Gasteiger partial charge in [-0.2, -0.15) is 0 Å². The minimum Gasteiger partial charge on any atom is -0.492 e. The Balaban J connectivity index is 3.35. The van der Waals surface area contributed by atoms with Gasteiger partial charge in [0.15, 0.2) is 11.5 Å². The molecule has 0 fully saturated rings. The number of halogens is 1. The first kappa shape index (κ1) is 16.6. The second kappa shape index (κ2) is 7.38. The highest BCUT2D eigenvalue weighted by Crippen LogP contribution is 2.45. The van der Waals surface area contributed by atoms with Gasteiger partial charge in [-0.05, 0) is 41.4 Å². The molecule has 6 heteroatoms. The molecule has 0 aromatic heterocycles. The highest BCUT2D eigenvalue weighted by atomic mass is 79.9. The molecule has 0 spiro atoms. The lowest BCUT2D eigenvalue weighted by Gasteiger charge is -2.19. The normalized spacial score (nSPS) is 10.3. The van der Waals surface area contributed by atoms with Crippen molar-refractivity contribution < 1.29 is 23.7 Å². The first-order valence-electron chi connectivity index (χ1n) is 6.11. The van der Waals surface area contributed by atoms with Crippen molar-refractivity contribution in [1.29, 1.82) is 0 Å². The van der Waals surface area contributed by atoms with Crippen LogP contribution in [0.4, 0.5) is 0 Å². The molecule has 112 valence electrons. The van der Waals surface area contributed by atoms with Gasteiger partial charge >= 0.3 is 5.97 Å². The molecule has 0 aliphatic carbocycles. The van der Waals surface area contributed by atoms with Crippen molar-refractivity contribution in [3.63, 3.8) is 0 Å². The molecular weight excluding hydrogens is 328 g/mol. The van der Waals surface area contributed by atoms with Crippen molar-refractivity contribution in [1.82, 2.24) is 0 Å². The quantitative estimate of drug-likeness (QED) is 0.741. The van der Waals surface area contributed by atoms with Crippen LogP contribution in [0.5, 0.6) is 17.2 Å². The highest BCUT2D eigenvalue weighted by Gasteiger charge is 2.21. The van der Waals surface area contributed by atoms with Crippen molar-refractivity contribution in [2.24, 2.45) is 0 Å². The molecule has 0 bridgehead atoms. The molecule has 0 atom stereocenters. The van der Waals surface area contributed by atoms with E-state index in [9.17, 15) is 4.79 Å². The van der Waals surface area contributed by atoms with E-state index in [2.05, 4.69) is 20.7 Å². The monoisotopic (exact) mass is 346 g/mol. The average Bonchev–Trinajstić information content (AvgIpc) is 2.40. The van der Waals surface area contributed by atoms with E-state index in [1.807, 2.05) is 13.8 Å². The molecule has 5 nitrogen and oxygen atoms in total. The predicted octanol–water partition coefficient (Wildman–Crippen LogP) is 2.97. The zero-order valence-corrected chi connectivity index (χ0v) is 13.9. The van der Waals surface area contributed by atoms with Gasteiger partial charge in [-0.25, -0.2) is 0 Å². The molecule has 0 amide bonds. The number of benzene rings is 1. The minimum absolute atomic E-state index is 0.0271. The Kier molecular flexibility index (Phi) is 6.13. The summed E-state index contributed by atoms with van der Waals surface area (Å²) in [4.78, 5) is 11.5. The van der Waals surface area contributed by atoms with E-state index in [1.165, 1.54) is 21.3 Å². The van der Waals surface area contributed by atoms with Crippen LogP contribution in [0.1, 0.15) is 19.4 Å². The summed E-state index contributed by atoms with van der Waals surface area (Å²) < 4.78 is 21.7. The zero-order chi connectivity index (χ0) is 15.3. The summed E-state index contributed by atoms with van der Waals surface area (Å²) in [5.74, 6) is 1.17. The summed E-state index contributed by atoms with van der Waals surface area (Å²) in [6.45, 7) is 3.82. The van der Waals surface area contributed by atoms with E-state index in [1.54, 1.807) is 6.07 Å². The highest BCUT2D eigenvalue weighted by molar-refractivity contribution is 9.10. The Morgan fingerprint density at radius 1 is 1.20 bits per heavy atom. The largest absolute Gasteiger partial charge is 0.492 e. The summed E-state index contributed by atoms with van der Waals surface area (Å²) >= 11 is 3.42. The fourth-order valence-electron chi connectivity index (χ4n) is 1.72. The fraction of sp³-hybridized carbons (Fsp3) is 0.500. The summed E-state index contributed by atoms with van der Waals surface area (Å²) in [6, 6.07) is 1.75. The second-order valence-electron chi connectivity index (χ2n) is 4.33. The van der Waals surface area contributed by atoms with Gasteiger partial charge in [-0.3, -0.25) is 4.79 Å². The van der Waals surface area contributed by atoms with Crippen molar-refractivity contribution in [3.8, 4) is 17.2 Å². The smallest absolute Gasteiger partial charge is 0.310 e. The molecule has 0 aliphatic heterocycles. The summed E-state index contributed by atoms with van der Waals surface area (Å²) in [7, 11) is 4.42. The molecule has 1 rings (SSSR count). The van der Waals surface area contributed by atoms with Crippen molar-refractivity contribution >= 4 is 21.9 Å². The van der Waals surface area contributed by atoms with Gasteiger partial charge in [0.1, 0.15) is 0 Å². The van der Waals surface area contributed by atoms with Crippen LogP contribution >= 0.6 is 15.9 Å². The van der Waals surface area contributed by atoms with Crippen molar-refractivity contribution in [2.45, 2.75) is 26.4 Å². The van der Waals surface area contributed by atoms with E-state index in [0.29, 0.717) is 27.3 Å². The number of carbonyl (C=O) groups excluding carboxylic acids is 1. The maximum atomic E-state index is 11.5.